The molecular formula is C39H40N3+. The van der Waals surface area contributed by atoms with E-state index in [0.717, 1.165) is 0 Å². The summed E-state index contributed by atoms with van der Waals surface area (Å²) >= 11 is 0. The molecule has 4 aliphatic rings. The van der Waals surface area contributed by atoms with Crippen molar-refractivity contribution in [3.05, 3.63) is 112 Å². The van der Waals surface area contributed by atoms with Crippen molar-refractivity contribution in [2.45, 2.75) is 38.5 Å². The van der Waals surface area contributed by atoms with E-state index in [1.54, 1.807) is 0 Å². The van der Waals surface area contributed by atoms with Gasteiger partial charge in [0.05, 0.1) is 0 Å². The molecule has 0 spiro atoms. The van der Waals surface area contributed by atoms with Crippen LogP contribution in [-0.2, 0) is 0 Å². The van der Waals surface area contributed by atoms with E-state index in [1.807, 2.05) is 0 Å². The maximum atomic E-state index is 2.52. The van der Waals surface area contributed by atoms with Gasteiger partial charge in [0.2, 0.25) is 5.71 Å². The molecule has 3 heteroatoms. The number of fused-ring (bicyclic) bond motifs is 2. The Bertz CT molecular complexity index is 1820. The van der Waals surface area contributed by atoms with Crippen LogP contribution >= 0.6 is 0 Å². The fourth-order valence-corrected chi connectivity index (χ4v) is 7.44. The van der Waals surface area contributed by atoms with Gasteiger partial charge in [-0.2, -0.15) is 0 Å². The second-order valence-electron chi connectivity index (χ2n) is 12.5. The van der Waals surface area contributed by atoms with Gasteiger partial charge in [-0.05, 0) is 112 Å². The fraction of sp³-hybridized carbons (Fsp3) is 0.308. The maximum absolute atomic E-state index is 2.52. The first-order chi connectivity index (χ1) is 20.8. The van der Waals surface area contributed by atoms with E-state index in [4.69, 9.17) is 0 Å². The van der Waals surface area contributed by atoms with Crippen molar-refractivity contribution in [2.75, 3.05) is 49.1 Å². The Morgan fingerprint density at radius 3 is 1.95 bits per heavy atom. The third-order valence-corrected chi connectivity index (χ3v) is 9.79. The van der Waals surface area contributed by atoms with Crippen molar-refractivity contribution in [1.82, 2.24) is 0 Å². The Morgan fingerprint density at radius 1 is 0.548 bits per heavy atom. The third-order valence-electron chi connectivity index (χ3n) is 9.79. The van der Waals surface area contributed by atoms with Crippen LogP contribution in [0.2, 0.25) is 0 Å². The highest BCUT2D eigenvalue weighted by atomic mass is 15.1. The summed E-state index contributed by atoms with van der Waals surface area (Å²) in [5, 5.41) is 5.22. The molecule has 0 aromatic heterocycles. The van der Waals surface area contributed by atoms with Crippen molar-refractivity contribution in [3.63, 3.8) is 0 Å². The lowest BCUT2D eigenvalue weighted by Crippen LogP contribution is -2.23. The van der Waals surface area contributed by atoms with E-state index >= 15 is 0 Å². The molecule has 0 atom stereocenters. The average molecular weight is 551 g/mol. The van der Waals surface area contributed by atoms with Crippen molar-refractivity contribution >= 4 is 45.6 Å². The second-order valence-corrected chi connectivity index (χ2v) is 12.5. The number of benzene rings is 4. The largest absolute Gasteiger partial charge is 0.372 e. The number of hydrogen-bond donors (Lipinski definition) is 0. The van der Waals surface area contributed by atoms with Crippen LogP contribution in [0.4, 0.5) is 11.4 Å². The number of rotatable bonds is 4. The van der Waals surface area contributed by atoms with Crippen LogP contribution in [0.25, 0.3) is 28.5 Å². The molecule has 3 fully saturated rings. The van der Waals surface area contributed by atoms with Gasteiger partial charge in [0.15, 0.2) is 0 Å². The van der Waals surface area contributed by atoms with Crippen LogP contribution in [0.5, 0.6) is 0 Å². The molecule has 8 rings (SSSR count). The fourth-order valence-electron chi connectivity index (χ4n) is 7.44. The van der Waals surface area contributed by atoms with E-state index in [0.29, 0.717) is 0 Å². The monoisotopic (exact) mass is 550 g/mol. The van der Waals surface area contributed by atoms with Crippen molar-refractivity contribution < 1.29 is 4.58 Å². The molecule has 0 radical (unpaired) electrons. The minimum Gasteiger partial charge on any atom is -0.372 e. The Hall–Kier alpha value is -4.11. The van der Waals surface area contributed by atoms with Crippen LogP contribution in [0.3, 0.4) is 0 Å². The first-order valence-corrected chi connectivity index (χ1v) is 16.1. The molecule has 0 unspecified atom stereocenters. The lowest BCUT2D eigenvalue weighted by atomic mass is 9.92. The van der Waals surface area contributed by atoms with Gasteiger partial charge in [-0.15, -0.1) is 0 Å². The van der Waals surface area contributed by atoms with Crippen molar-refractivity contribution in [3.8, 4) is 0 Å². The Labute approximate surface area is 249 Å². The topological polar surface area (TPSA) is 9.49 Å². The van der Waals surface area contributed by atoms with E-state index in [1.165, 1.54) is 138 Å². The highest BCUT2D eigenvalue weighted by Crippen LogP contribution is 2.30. The van der Waals surface area contributed by atoms with Gasteiger partial charge in [0.25, 0.3) is 0 Å². The highest BCUT2D eigenvalue weighted by molar-refractivity contribution is 6.17. The van der Waals surface area contributed by atoms with Crippen LogP contribution in [-0.4, -0.2) is 49.6 Å². The summed E-state index contributed by atoms with van der Waals surface area (Å²) in [6.07, 6.45) is 14.8. The molecule has 3 heterocycles. The van der Waals surface area contributed by atoms with E-state index in [-0.39, 0.29) is 0 Å². The van der Waals surface area contributed by atoms with Gasteiger partial charge in [-0.1, -0.05) is 42.5 Å². The van der Waals surface area contributed by atoms with Crippen LogP contribution in [0, 0.1) is 0 Å². The predicted octanol–water partition coefficient (Wildman–Crippen LogP) is 6.34. The molecule has 4 aromatic carbocycles. The molecular weight excluding hydrogens is 510 g/mol. The number of nitrogens with zero attached hydrogens (tertiary/aromatic N) is 3. The summed E-state index contributed by atoms with van der Waals surface area (Å²) in [7, 11) is 0. The normalized spacial score (nSPS) is 19.0. The lowest BCUT2D eigenvalue weighted by Gasteiger charge is -2.19. The van der Waals surface area contributed by atoms with Crippen molar-refractivity contribution in [1.29, 1.82) is 0 Å². The Morgan fingerprint density at radius 2 is 1.19 bits per heavy atom. The number of allylic oxidation sites excluding steroid dienone is 1. The SMILES string of the molecule is C1=Cc2c/c(=C(\c3ccc(N4CCCC4)cc3)c3ccc4cc(N5CCCC5)ccc4c3)ccc2=CC1=[N+]1CCCC1. The zero-order chi connectivity index (χ0) is 27.9. The number of hydrogen-bond acceptors (Lipinski definition) is 2. The van der Waals surface area contributed by atoms with Gasteiger partial charge >= 0.3 is 0 Å². The van der Waals surface area contributed by atoms with Crippen LogP contribution < -0.4 is 20.2 Å². The highest BCUT2D eigenvalue weighted by Gasteiger charge is 2.19. The second kappa shape index (κ2) is 10.9. The summed E-state index contributed by atoms with van der Waals surface area (Å²) < 4.78 is 2.52. The average Bonchev–Trinajstić information content (AvgIpc) is 3.86. The van der Waals surface area contributed by atoms with E-state index < -0.39 is 0 Å². The standard InChI is InChI=1S/C39H40N3/c1-2-20-40(19-1)36-15-11-29(12-16-36)39(34-9-7-32-27-37(17-13-30(32)25-34)41-21-3-4-22-41)35-10-8-33-28-38(18-14-31(33)26-35)42-23-5-6-24-42/h7-18,25-28H,1-6,19-24H2/q+1. The van der Waals surface area contributed by atoms with Gasteiger partial charge in [0.1, 0.15) is 13.1 Å². The lowest BCUT2D eigenvalue weighted by molar-refractivity contribution is -0.503. The minimum atomic E-state index is 1.17. The minimum absolute atomic E-state index is 1.17. The summed E-state index contributed by atoms with van der Waals surface area (Å²) in [5.41, 5.74) is 9.22. The first-order valence-electron chi connectivity index (χ1n) is 16.1. The summed E-state index contributed by atoms with van der Waals surface area (Å²) in [6.45, 7) is 7.05. The molecule has 42 heavy (non-hydrogen) atoms. The van der Waals surface area contributed by atoms with Crippen LogP contribution in [0.15, 0.2) is 84.9 Å². The third kappa shape index (κ3) is 4.85. The summed E-state index contributed by atoms with van der Waals surface area (Å²) in [6, 6.07) is 30.5. The predicted molar refractivity (Wildman–Crippen MR) is 178 cm³/mol. The molecule has 3 nitrogen and oxygen atoms in total. The van der Waals surface area contributed by atoms with E-state index in [2.05, 4.69) is 111 Å². The number of anilines is 2. The smallest absolute Gasteiger partial charge is 0.200 e. The maximum Gasteiger partial charge on any atom is 0.200 e. The zero-order valence-corrected chi connectivity index (χ0v) is 24.6. The molecule has 4 aromatic rings. The van der Waals surface area contributed by atoms with Gasteiger partial charge in [0, 0.05) is 62.5 Å². The van der Waals surface area contributed by atoms with E-state index in [9.17, 15) is 0 Å². The molecule has 210 valence electrons. The summed E-state index contributed by atoms with van der Waals surface area (Å²) in [5.74, 6) is 0. The molecule has 0 saturated carbocycles. The van der Waals surface area contributed by atoms with Crippen molar-refractivity contribution in [2.24, 2.45) is 0 Å². The molecule has 0 N–H and O–H groups in total. The molecule has 0 amide bonds. The van der Waals surface area contributed by atoms with Gasteiger partial charge < -0.3 is 9.80 Å². The molecule has 1 aliphatic carbocycles. The first kappa shape index (κ1) is 25.6. The van der Waals surface area contributed by atoms with Gasteiger partial charge in [-0.3, -0.25) is 0 Å². The Kier molecular flexibility index (Phi) is 6.67. The summed E-state index contributed by atoms with van der Waals surface area (Å²) in [4.78, 5) is 5.04. The van der Waals surface area contributed by atoms with Gasteiger partial charge in [-0.25, -0.2) is 4.58 Å². The molecule has 3 aliphatic heterocycles. The quantitative estimate of drug-likeness (QED) is 0.274. The molecule has 0 bridgehead atoms. The molecule has 3 saturated heterocycles. The zero-order valence-electron chi connectivity index (χ0n) is 24.6. The Balaban J connectivity index is 1.25. The van der Waals surface area contributed by atoms with Crippen LogP contribution in [0.1, 0.15) is 55.2 Å².